The van der Waals surface area contributed by atoms with Gasteiger partial charge in [-0.05, 0) is 11.8 Å². The van der Waals surface area contributed by atoms with Crippen LogP contribution in [0.1, 0.15) is 32.6 Å². The van der Waals surface area contributed by atoms with Gasteiger partial charge in [0.25, 0.3) is 0 Å². The second kappa shape index (κ2) is 4.09. The molecule has 0 saturated heterocycles. The van der Waals surface area contributed by atoms with Crippen LogP contribution in [0.25, 0.3) is 0 Å². The van der Waals surface area contributed by atoms with Crippen molar-refractivity contribution >= 4 is 22.4 Å². The maximum Gasteiger partial charge on any atom is 0.223 e. The molecule has 0 aromatic carbocycles. The van der Waals surface area contributed by atoms with Crippen molar-refractivity contribution in [3.05, 3.63) is 11.1 Å². The average Bonchev–Trinajstić information content (AvgIpc) is 2.30. The van der Waals surface area contributed by atoms with Crippen molar-refractivity contribution in [2.45, 2.75) is 34.1 Å². The Bertz CT molecular complexity index is 325. The number of nitrogens with one attached hydrogen (secondary N) is 1. The Hall–Kier alpha value is -0.900. The Morgan fingerprint density at radius 1 is 1.57 bits per heavy atom. The van der Waals surface area contributed by atoms with Crippen LogP contribution in [0.5, 0.6) is 0 Å². The minimum atomic E-state index is -0.0679. The molecule has 1 rings (SSSR count). The summed E-state index contributed by atoms with van der Waals surface area (Å²) in [4.78, 5) is 16.1. The Kier molecular flexibility index (Phi) is 3.26. The molecule has 1 amide bonds. The second-order valence-corrected chi connectivity index (χ2v) is 5.67. The van der Waals surface area contributed by atoms with Crippen molar-refractivity contribution < 1.29 is 4.79 Å². The number of thiazole rings is 1. The lowest BCUT2D eigenvalue weighted by Gasteiger charge is -2.15. The highest BCUT2D eigenvalue weighted by Gasteiger charge is 2.13. The highest BCUT2D eigenvalue weighted by Crippen LogP contribution is 2.26. The van der Waals surface area contributed by atoms with Gasteiger partial charge in [-0.3, -0.25) is 4.79 Å². The predicted molar refractivity (Wildman–Crippen MR) is 59.6 cm³/mol. The molecular weight excluding hydrogens is 196 g/mol. The van der Waals surface area contributed by atoms with Crippen LogP contribution in [0.4, 0.5) is 5.13 Å². The minimum Gasteiger partial charge on any atom is -0.302 e. The fourth-order valence-corrected chi connectivity index (χ4v) is 2.28. The monoisotopic (exact) mass is 212 g/mol. The van der Waals surface area contributed by atoms with E-state index in [0.717, 1.165) is 6.42 Å². The molecule has 0 bridgehead atoms. The van der Waals surface area contributed by atoms with E-state index in [-0.39, 0.29) is 11.3 Å². The summed E-state index contributed by atoms with van der Waals surface area (Å²) in [5, 5.41) is 3.37. The van der Waals surface area contributed by atoms with Crippen LogP contribution in [0.3, 0.4) is 0 Å². The normalized spacial score (nSPS) is 11.4. The molecule has 1 heterocycles. The van der Waals surface area contributed by atoms with Crippen molar-refractivity contribution in [1.29, 1.82) is 0 Å². The largest absolute Gasteiger partial charge is 0.302 e. The number of anilines is 1. The number of carbonyl (C=O) groups excluding carboxylic acids is 1. The average molecular weight is 212 g/mol. The van der Waals surface area contributed by atoms with E-state index in [1.807, 2.05) is 6.20 Å². The number of hydrogen-bond acceptors (Lipinski definition) is 3. The van der Waals surface area contributed by atoms with Gasteiger partial charge in [0.15, 0.2) is 5.13 Å². The first-order valence-electron chi connectivity index (χ1n) is 4.59. The van der Waals surface area contributed by atoms with Crippen molar-refractivity contribution in [3.8, 4) is 0 Å². The highest BCUT2D eigenvalue weighted by molar-refractivity contribution is 7.15. The molecule has 1 aromatic heterocycles. The van der Waals surface area contributed by atoms with Crippen LogP contribution in [0.15, 0.2) is 6.20 Å². The molecule has 14 heavy (non-hydrogen) atoms. The van der Waals surface area contributed by atoms with Gasteiger partial charge in [-0.1, -0.05) is 20.8 Å². The number of hydrogen-bond donors (Lipinski definition) is 1. The molecule has 1 aromatic rings. The van der Waals surface area contributed by atoms with Crippen molar-refractivity contribution in [1.82, 2.24) is 4.98 Å². The molecule has 3 nitrogen and oxygen atoms in total. The molecule has 0 atom stereocenters. The second-order valence-electron chi connectivity index (χ2n) is 4.55. The Morgan fingerprint density at radius 2 is 2.21 bits per heavy atom. The number of aromatic nitrogens is 1. The lowest BCUT2D eigenvalue weighted by molar-refractivity contribution is -0.114. The number of nitrogens with zero attached hydrogens (tertiary/aromatic N) is 1. The lowest BCUT2D eigenvalue weighted by Crippen LogP contribution is -2.07. The van der Waals surface area contributed by atoms with Gasteiger partial charge in [-0.25, -0.2) is 4.98 Å². The molecule has 1 N–H and O–H groups in total. The summed E-state index contributed by atoms with van der Waals surface area (Å²) in [6, 6.07) is 0. The highest BCUT2D eigenvalue weighted by atomic mass is 32.1. The minimum absolute atomic E-state index is 0.0679. The molecule has 0 aliphatic carbocycles. The maximum atomic E-state index is 10.8. The van der Waals surface area contributed by atoms with Gasteiger partial charge >= 0.3 is 0 Å². The van der Waals surface area contributed by atoms with E-state index in [1.165, 1.54) is 11.8 Å². The predicted octanol–water partition coefficient (Wildman–Crippen LogP) is 2.69. The smallest absolute Gasteiger partial charge is 0.223 e. The first-order valence-corrected chi connectivity index (χ1v) is 5.41. The van der Waals surface area contributed by atoms with Gasteiger partial charge in [-0.15, -0.1) is 11.3 Å². The Balaban J connectivity index is 2.64. The third-order valence-electron chi connectivity index (χ3n) is 1.54. The maximum absolute atomic E-state index is 10.8. The zero-order valence-electron chi connectivity index (χ0n) is 9.05. The Morgan fingerprint density at radius 3 is 2.71 bits per heavy atom. The quantitative estimate of drug-likeness (QED) is 0.819. The molecule has 0 fully saturated rings. The summed E-state index contributed by atoms with van der Waals surface area (Å²) in [6.45, 7) is 8.05. The van der Waals surface area contributed by atoms with E-state index in [9.17, 15) is 4.79 Å². The molecule has 0 spiro atoms. The topological polar surface area (TPSA) is 42.0 Å². The van der Waals surface area contributed by atoms with Crippen molar-refractivity contribution in [2.24, 2.45) is 5.41 Å². The summed E-state index contributed by atoms with van der Waals surface area (Å²) < 4.78 is 0. The van der Waals surface area contributed by atoms with Crippen LogP contribution in [0.2, 0.25) is 0 Å². The summed E-state index contributed by atoms with van der Waals surface area (Å²) in [5.74, 6) is -0.0679. The van der Waals surface area contributed by atoms with E-state index in [0.29, 0.717) is 5.13 Å². The third kappa shape index (κ3) is 3.87. The molecular formula is C10H16N2OS. The Labute approximate surface area is 88.6 Å². The fourth-order valence-electron chi connectivity index (χ4n) is 1.12. The zero-order chi connectivity index (χ0) is 10.8. The fraction of sp³-hybridized carbons (Fsp3) is 0.600. The molecule has 0 aliphatic heterocycles. The van der Waals surface area contributed by atoms with Gasteiger partial charge in [0.2, 0.25) is 5.91 Å². The van der Waals surface area contributed by atoms with E-state index in [4.69, 9.17) is 0 Å². The van der Waals surface area contributed by atoms with Crippen LogP contribution in [-0.4, -0.2) is 10.9 Å². The van der Waals surface area contributed by atoms with Crippen LogP contribution >= 0.6 is 11.3 Å². The molecule has 0 aliphatic rings. The van der Waals surface area contributed by atoms with E-state index >= 15 is 0 Å². The molecule has 4 heteroatoms. The standard InChI is InChI=1S/C10H16N2OS/c1-7(13)12-9-11-6-8(14-9)5-10(2,3)4/h6H,5H2,1-4H3,(H,11,12,13). The summed E-state index contributed by atoms with van der Waals surface area (Å²) in [5.41, 5.74) is 0.264. The van der Waals surface area contributed by atoms with E-state index in [1.54, 1.807) is 11.3 Å². The lowest BCUT2D eigenvalue weighted by atomic mass is 9.92. The van der Waals surface area contributed by atoms with Crippen molar-refractivity contribution in [3.63, 3.8) is 0 Å². The van der Waals surface area contributed by atoms with Crippen LogP contribution in [-0.2, 0) is 11.2 Å². The van der Waals surface area contributed by atoms with Crippen LogP contribution in [0, 0.1) is 5.41 Å². The van der Waals surface area contributed by atoms with Gasteiger partial charge in [0, 0.05) is 18.0 Å². The van der Waals surface area contributed by atoms with E-state index < -0.39 is 0 Å². The van der Waals surface area contributed by atoms with Gasteiger partial charge in [0.05, 0.1) is 0 Å². The summed E-state index contributed by atoms with van der Waals surface area (Å²) in [7, 11) is 0. The molecule has 78 valence electrons. The van der Waals surface area contributed by atoms with Gasteiger partial charge < -0.3 is 5.32 Å². The summed E-state index contributed by atoms with van der Waals surface area (Å²) >= 11 is 1.55. The van der Waals surface area contributed by atoms with Gasteiger partial charge in [0.1, 0.15) is 0 Å². The first kappa shape index (κ1) is 11.2. The number of carbonyl (C=O) groups is 1. The zero-order valence-corrected chi connectivity index (χ0v) is 9.86. The molecule has 0 radical (unpaired) electrons. The summed E-state index contributed by atoms with van der Waals surface area (Å²) in [6.07, 6.45) is 2.82. The van der Waals surface area contributed by atoms with Gasteiger partial charge in [-0.2, -0.15) is 0 Å². The van der Waals surface area contributed by atoms with Crippen LogP contribution < -0.4 is 5.32 Å². The van der Waals surface area contributed by atoms with Crippen molar-refractivity contribution in [2.75, 3.05) is 5.32 Å². The van der Waals surface area contributed by atoms with E-state index in [2.05, 4.69) is 31.1 Å². The number of amides is 1. The third-order valence-corrected chi connectivity index (χ3v) is 2.45. The molecule has 0 saturated carbocycles. The SMILES string of the molecule is CC(=O)Nc1ncc(CC(C)(C)C)s1. The number of rotatable bonds is 2. The molecule has 0 unspecified atom stereocenters. The first-order chi connectivity index (χ1) is 6.37.